The molecule has 0 unspecified atom stereocenters. The van der Waals surface area contributed by atoms with Crippen molar-refractivity contribution in [3.05, 3.63) is 65.7 Å². The van der Waals surface area contributed by atoms with Crippen LogP contribution in [-0.2, 0) is 14.3 Å². The van der Waals surface area contributed by atoms with Crippen molar-refractivity contribution in [2.75, 3.05) is 11.9 Å². The Hall–Kier alpha value is -3.35. The highest BCUT2D eigenvalue weighted by Crippen LogP contribution is 2.11. The molecule has 0 aromatic heterocycles. The molecule has 1 atom stereocenters. The van der Waals surface area contributed by atoms with Gasteiger partial charge in [0.1, 0.15) is 18.2 Å². The fourth-order valence-electron chi connectivity index (χ4n) is 2.40. The van der Waals surface area contributed by atoms with Crippen LogP contribution in [-0.4, -0.2) is 36.2 Å². The molecule has 7 heteroatoms. The Balaban J connectivity index is 2.08. The number of amides is 2. The molecular weight excluding hydrogens is 372 g/mol. The lowest BCUT2D eigenvalue weighted by Gasteiger charge is -2.23. The van der Waals surface area contributed by atoms with E-state index in [4.69, 9.17) is 9.47 Å². The maximum Gasteiger partial charge on any atom is 0.408 e. The minimum Gasteiger partial charge on any atom is -0.459 e. The average molecular weight is 398 g/mol. The first kappa shape index (κ1) is 21.9. The molecule has 2 aromatic carbocycles. The zero-order chi connectivity index (χ0) is 21.4. The number of ether oxygens (including phenoxy) is 2. The van der Waals surface area contributed by atoms with Crippen molar-refractivity contribution >= 4 is 23.7 Å². The molecule has 0 spiro atoms. The quantitative estimate of drug-likeness (QED) is 0.724. The standard InChI is InChI=1S/C22H26N2O5/c1-15-9-8-12-17(13-15)23-19(25)18(24-21(27)29-22(2,3)4)14-28-20(26)16-10-6-5-7-11-16/h5-13,18H,14H2,1-4H3,(H,23,25)(H,24,27)/t18-/m1/s1. The lowest BCUT2D eigenvalue weighted by atomic mass is 10.2. The van der Waals surface area contributed by atoms with Gasteiger partial charge in [0.05, 0.1) is 5.56 Å². The fraction of sp³-hybridized carbons (Fsp3) is 0.318. The van der Waals surface area contributed by atoms with Crippen LogP contribution in [0.2, 0.25) is 0 Å². The minimum absolute atomic E-state index is 0.343. The Morgan fingerprint density at radius 1 is 1.00 bits per heavy atom. The molecule has 0 saturated heterocycles. The maximum atomic E-state index is 12.7. The molecule has 2 aromatic rings. The minimum atomic E-state index is -1.13. The summed E-state index contributed by atoms with van der Waals surface area (Å²) < 4.78 is 10.4. The number of hydrogen-bond donors (Lipinski definition) is 2. The molecule has 29 heavy (non-hydrogen) atoms. The second kappa shape index (κ2) is 9.73. The predicted octanol–water partition coefficient (Wildman–Crippen LogP) is 3.68. The molecule has 0 aliphatic rings. The maximum absolute atomic E-state index is 12.7. The Labute approximate surface area is 170 Å². The highest BCUT2D eigenvalue weighted by atomic mass is 16.6. The van der Waals surface area contributed by atoms with Gasteiger partial charge in [-0.15, -0.1) is 0 Å². The Morgan fingerprint density at radius 3 is 2.31 bits per heavy atom. The fourth-order valence-corrected chi connectivity index (χ4v) is 2.40. The third kappa shape index (κ3) is 7.65. The molecule has 0 saturated carbocycles. The summed E-state index contributed by atoms with van der Waals surface area (Å²) in [5, 5.41) is 5.18. The van der Waals surface area contributed by atoms with Gasteiger partial charge < -0.3 is 20.1 Å². The number of carbonyl (C=O) groups excluding carboxylic acids is 3. The Kier molecular flexibility index (Phi) is 7.36. The van der Waals surface area contributed by atoms with Crippen molar-refractivity contribution in [2.45, 2.75) is 39.3 Å². The summed E-state index contributed by atoms with van der Waals surface area (Å²) in [6, 6.07) is 14.5. The van der Waals surface area contributed by atoms with Gasteiger partial charge in [-0.3, -0.25) is 4.79 Å². The third-order valence-corrected chi connectivity index (χ3v) is 3.68. The molecule has 0 heterocycles. The van der Waals surface area contributed by atoms with E-state index in [0.29, 0.717) is 11.3 Å². The van der Waals surface area contributed by atoms with Crippen LogP contribution >= 0.6 is 0 Å². The third-order valence-electron chi connectivity index (χ3n) is 3.68. The van der Waals surface area contributed by atoms with Gasteiger partial charge in [-0.25, -0.2) is 9.59 Å². The smallest absolute Gasteiger partial charge is 0.408 e. The van der Waals surface area contributed by atoms with Crippen LogP contribution in [0, 0.1) is 6.92 Å². The lowest BCUT2D eigenvalue weighted by Crippen LogP contribution is -2.48. The van der Waals surface area contributed by atoms with Crippen molar-refractivity contribution in [3.63, 3.8) is 0 Å². The molecule has 0 aliphatic carbocycles. The summed E-state index contributed by atoms with van der Waals surface area (Å²) in [7, 11) is 0. The van der Waals surface area contributed by atoms with E-state index in [1.54, 1.807) is 69.3 Å². The summed E-state index contributed by atoms with van der Waals surface area (Å²) >= 11 is 0. The molecule has 2 amide bonds. The van der Waals surface area contributed by atoms with Gasteiger partial charge in [0, 0.05) is 5.69 Å². The monoisotopic (exact) mass is 398 g/mol. The first-order valence-electron chi connectivity index (χ1n) is 9.23. The molecule has 7 nitrogen and oxygen atoms in total. The highest BCUT2D eigenvalue weighted by Gasteiger charge is 2.26. The Morgan fingerprint density at radius 2 is 1.69 bits per heavy atom. The van der Waals surface area contributed by atoms with Gasteiger partial charge in [0.2, 0.25) is 0 Å². The van der Waals surface area contributed by atoms with Crippen LogP contribution in [0.25, 0.3) is 0 Å². The number of alkyl carbamates (subject to hydrolysis) is 1. The SMILES string of the molecule is Cc1cccc(NC(=O)[C@@H](COC(=O)c2ccccc2)NC(=O)OC(C)(C)C)c1. The van der Waals surface area contributed by atoms with Gasteiger partial charge in [0.25, 0.3) is 5.91 Å². The molecule has 0 aliphatic heterocycles. The molecule has 154 valence electrons. The summed E-state index contributed by atoms with van der Waals surface area (Å²) in [6.45, 7) is 6.69. The van der Waals surface area contributed by atoms with Gasteiger partial charge in [-0.1, -0.05) is 30.3 Å². The molecule has 0 fully saturated rings. The second-order valence-electron chi connectivity index (χ2n) is 7.52. The normalized spacial score (nSPS) is 11.9. The molecule has 0 radical (unpaired) electrons. The average Bonchev–Trinajstić information content (AvgIpc) is 2.64. The lowest BCUT2D eigenvalue weighted by molar-refractivity contribution is -0.119. The van der Waals surface area contributed by atoms with Gasteiger partial charge >= 0.3 is 12.1 Å². The van der Waals surface area contributed by atoms with Crippen molar-refractivity contribution in [1.29, 1.82) is 0 Å². The first-order valence-corrected chi connectivity index (χ1v) is 9.23. The first-order chi connectivity index (χ1) is 13.6. The van der Waals surface area contributed by atoms with Crippen molar-refractivity contribution in [1.82, 2.24) is 5.32 Å². The largest absolute Gasteiger partial charge is 0.459 e. The number of esters is 1. The molecule has 2 N–H and O–H groups in total. The van der Waals surface area contributed by atoms with E-state index in [2.05, 4.69) is 10.6 Å². The van der Waals surface area contributed by atoms with E-state index < -0.39 is 29.6 Å². The number of carbonyl (C=O) groups is 3. The van der Waals surface area contributed by atoms with Crippen LogP contribution in [0.5, 0.6) is 0 Å². The summed E-state index contributed by atoms with van der Waals surface area (Å²) in [5.41, 5.74) is 1.15. The summed E-state index contributed by atoms with van der Waals surface area (Å²) in [5.74, 6) is -1.12. The molecule has 0 bridgehead atoms. The van der Waals surface area contributed by atoms with E-state index in [9.17, 15) is 14.4 Å². The van der Waals surface area contributed by atoms with Gasteiger partial charge in [-0.2, -0.15) is 0 Å². The number of benzene rings is 2. The number of rotatable bonds is 6. The second-order valence-corrected chi connectivity index (χ2v) is 7.52. The van der Waals surface area contributed by atoms with Crippen molar-refractivity contribution in [2.24, 2.45) is 0 Å². The number of anilines is 1. The predicted molar refractivity (Wildman–Crippen MR) is 110 cm³/mol. The topological polar surface area (TPSA) is 93.7 Å². The van der Waals surface area contributed by atoms with E-state index in [0.717, 1.165) is 5.56 Å². The van der Waals surface area contributed by atoms with Crippen molar-refractivity contribution in [3.8, 4) is 0 Å². The van der Waals surface area contributed by atoms with Crippen LogP contribution in [0.1, 0.15) is 36.7 Å². The molecule has 2 rings (SSSR count). The summed E-state index contributed by atoms with van der Waals surface area (Å²) in [4.78, 5) is 37.0. The number of nitrogens with one attached hydrogen (secondary N) is 2. The number of aryl methyl sites for hydroxylation is 1. The number of hydrogen-bond acceptors (Lipinski definition) is 5. The zero-order valence-electron chi connectivity index (χ0n) is 17.0. The highest BCUT2D eigenvalue weighted by molar-refractivity contribution is 5.97. The van der Waals surface area contributed by atoms with Crippen LogP contribution < -0.4 is 10.6 Å². The van der Waals surface area contributed by atoms with Crippen LogP contribution in [0.15, 0.2) is 54.6 Å². The zero-order valence-corrected chi connectivity index (χ0v) is 17.0. The van der Waals surface area contributed by atoms with Gasteiger partial charge in [-0.05, 0) is 57.5 Å². The van der Waals surface area contributed by atoms with Crippen LogP contribution in [0.4, 0.5) is 10.5 Å². The summed E-state index contributed by atoms with van der Waals surface area (Å²) in [6.07, 6.45) is -0.780. The molecular formula is C22H26N2O5. The van der Waals surface area contributed by atoms with Crippen molar-refractivity contribution < 1.29 is 23.9 Å². The van der Waals surface area contributed by atoms with E-state index in [1.165, 1.54) is 0 Å². The van der Waals surface area contributed by atoms with Crippen LogP contribution in [0.3, 0.4) is 0 Å². The van der Waals surface area contributed by atoms with E-state index >= 15 is 0 Å². The van der Waals surface area contributed by atoms with E-state index in [1.807, 2.05) is 13.0 Å². The van der Waals surface area contributed by atoms with Gasteiger partial charge in [0.15, 0.2) is 0 Å². The Bertz CT molecular complexity index is 859. The van der Waals surface area contributed by atoms with E-state index in [-0.39, 0.29) is 6.61 Å².